The predicted molar refractivity (Wildman–Crippen MR) is 99.8 cm³/mol. The van der Waals surface area contributed by atoms with Gasteiger partial charge < -0.3 is 14.8 Å². The zero-order valence-electron chi connectivity index (χ0n) is 15.5. The molecule has 0 aliphatic carbocycles. The van der Waals surface area contributed by atoms with E-state index in [0.29, 0.717) is 11.3 Å². The van der Waals surface area contributed by atoms with E-state index >= 15 is 0 Å². The first-order valence-electron chi connectivity index (χ1n) is 8.72. The van der Waals surface area contributed by atoms with Crippen molar-refractivity contribution in [1.82, 2.24) is 0 Å². The van der Waals surface area contributed by atoms with Crippen molar-refractivity contribution in [1.29, 1.82) is 0 Å². The molecule has 0 saturated carbocycles. The second kappa shape index (κ2) is 7.23. The predicted octanol–water partition coefficient (Wildman–Crippen LogP) is 3.15. The minimum absolute atomic E-state index is 0.229. The van der Waals surface area contributed by atoms with Crippen LogP contribution in [0, 0.1) is 0 Å². The second-order valence-corrected chi connectivity index (χ2v) is 6.63. The second-order valence-electron chi connectivity index (χ2n) is 6.63. The Morgan fingerprint density at radius 1 is 1.22 bits per heavy atom. The molecule has 0 radical (unpaired) electrons. The summed E-state index contributed by atoms with van der Waals surface area (Å²) in [6.07, 6.45) is 1.09. The number of methoxy groups -OCH3 is 1. The third-order valence-electron chi connectivity index (χ3n) is 4.70. The molecule has 1 unspecified atom stereocenters. The highest BCUT2D eigenvalue weighted by molar-refractivity contribution is 6.06. The number of amides is 1. The standard InChI is InChI=1S/C21H21NO5/c1-4-13-9-10-15-14(11-13)12-21(2,27-19(15)24)20(25)22-17-8-6-5-7-16(17)18(23)26-3/h5-11H,4,12H2,1-3H3,(H,22,25). The Hall–Kier alpha value is -3.15. The van der Waals surface area contributed by atoms with Gasteiger partial charge in [0, 0.05) is 6.42 Å². The molecular formula is C21H21NO5. The maximum Gasteiger partial charge on any atom is 0.339 e. The Labute approximate surface area is 157 Å². The number of esters is 2. The molecule has 2 aromatic rings. The fourth-order valence-corrected chi connectivity index (χ4v) is 3.13. The average Bonchev–Trinajstić information content (AvgIpc) is 2.67. The van der Waals surface area contributed by atoms with Gasteiger partial charge in [-0.25, -0.2) is 9.59 Å². The van der Waals surface area contributed by atoms with Crippen LogP contribution < -0.4 is 5.32 Å². The number of cyclic esters (lactones) is 1. The van der Waals surface area contributed by atoms with Crippen LogP contribution >= 0.6 is 0 Å². The summed E-state index contributed by atoms with van der Waals surface area (Å²) in [6, 6.07) is 12.1. The Kier molecular flexibility index (Phi) is 4.99. The van der Waals surface area contributed by atoms with Crippen LogP contribution in [0.1, 0.15) is 45.7 Å². The molecule has 1 aliphatic heterocycles. The summed E-state index contributed by atoms with van der Waals surface area (Å²) in [5.74, 6) is -1.59. The molecule has 6 heteroatoms. The zero-order chi connectivity index (χ0) is 19.6. The Morgan fingerprint density at radius 3 is 2.67 bits per heavy atom. The van der Waals surface area contributed by atoms with Crippen LogP contribution in [0.2, 0.25) is 0 Å². The van der Waals surface area contributed by atoms with Crippen molar-refractivity contribution < 1.29 is 23.9 Å². The zero-order valence-corrected chi connectivity index (χ0v) is 15.5. The fraction of sp³-hybridized carbons (Fsp3) is 0.286. The molecule has 1 N–H and O–H groups in total. The molecule has 27 heavy (non-hydrogen) atoms. The molecule has 0 saturated heterocycles. The largest absolute Gasteiger partial charge is 0.465 e. The molecule has 140 valence electrons. The molecule has 2 aromatic carbocycles. The lowest BCUT2D eigenvalue weighted by Crippen LogP contribution is -2.49. The molecular weight excluding hydrogens is 346 g/mol. The number of rotatable bonds is 4. The van der Waals surface area contributed by atoms with Gasteiger partial charge in [-0.3, -0.25) is 4.79 Å². The van der Waals surface area contributed by atoms with Gasteiger partial charge in [0.05, 0.1) is 23.9 Å². The number of carbonyl (C=O) groups is 3. The summed E-state index contributed by atoms with van der Waals surface area (Å²) < 4.78 is 10.2. The molecule has 1 atom stereocenters. The lowest BCUT2D eigenvalue weighted by Gasteiger charge is -2.33. The Balaban J connectivity index is 1.89. The summed E-state index contributed by atoms with van der Waals surface area (Å²) in [5.41, 5.74) is 1.51. The van der Waals surface area contributed by atoms with E-state index < -0.39 is 23.4 Å². The van der Waals surface area contributed by atoms with Gasteiger partial charge in [-0.2, -0.15) is 0 Å². The smallest absolute Gasteiger partial charge is 0.339 e. The number of hydrogen-bond acceptors (Lipinski definition) is 5. The van der Waals surface area contributed by atoms with E-state index in [-0.39, 0.29) is 12.0 Å². The van der Waals surface area contributed by atoms with Gasteiger partial charge in [0.2, 0.25) is 0 Å². The maximum absolute atomic E-state index is 12.9. The maximum atomic E-state index is 12.9. The molecule has 0 spiro atoms. The number of hydrogen-bond donors (Lipinski definition) is 1. The topological polar surface area (TPSA) is 81.7 Å². The SMILES string of the molecule is CCc1ccc2c(c1)CC(C)(C(=O)Nc1ccccc1C(=O)OC)OC2=O. The number of aryl methyl sites for hydroxylation is 1. The minimum Gasteiger partial charge on any atom is -0.465 e. The number of para-hydroxylation sites is 1. The average molecular weight is 367 g/mol. The van der Waals surface area contributed by atoms with Crippen LogP contribution in [0.5, 0.6) is 0 Å². The van der Waals surface area contributed by atoms with E-state index in [1.165, 1.54) is 7.11 Å². The number of anilines is 1. The summed E-state index contributed by atoms with van der Waals surface area (Å²) in [4.78, 5) is 37.2. The highest BCUT2D eigenvalue weighted by atomic mass is 16.6. The van der Waals surface area contributed by atoms with Gasteiger partial charge in [0.1, 0.15) is 0 Å². The minimum atomic E-state index is -1.38. The first-order valence-corrected chi connectivity index (χ1v) is 8.72. The van der Waals surface area contributed by atoms with Gasteiger partial charge in [-0.15, -0.1) is 0 Å². The fourth-order valence-electron chi connectivity index (χ4n) is 3.13. The van der Waals surface area contributed by atoms with Crippen LogP contribution in [0.25, 0.3) is 0 Å². The summed E-state index contributed by atoms with van der Waals surface area (Å²) >= 11 is 0. The normalized spacial score (nSPS) is 18.3. The number of ether oxygens (including phenoxy) is 2. The molecule has 3 rings (SSSR count). The highest BCUT2D eigenvalue weighted by Gasteiger charge is 2.43. The molecule has 1 aliphatic rings. The van der Waals surface area contributed by atoms with Crippen LogP contribution in [0.15, 0.2) is 42.5 Å². The van der Waals surface area contributed by atoms with Crippen LogP contribution in [0.3, 0.4) is 0 Å². The van der Waals surface area contributed by atoms with Crippen molar-refractivity contribution >= 4 is 23.5 Å². The van der Waals surface area contributed by atoms with Crippen molar-refractivity contribution in [3.63, 3.8) is 0 Å². The van der Waals surface area contributed by atoms with E-state index in [4.69, 9.17) is 9.47 Å². The summed E-state index contributed by atoms with van der Waals surface area (Å²) in [7, 11) is 1.27. The van der Waals surface area contributed by atoms with Gasteiger partial charge in [-0.1, -0.05) is 31.2 Å². The first-order chi connectivity index (χ1) is 12.9. The molecule has 0 bridgehead atoms. The Bertz CT molecular complexity index is 921. The number of carbonyl (C=O) groups excluding carboxylic acids is 3. The summed E-state index contributed by atoms with van der Waals surface area (Å²) in [6.45, 7) is 3.60. The van der Waals surface area contributed by atoms with Crippen molar-refractivity contribution in [3.8, 4) is 0 Å². The van der Waals surface area contributed by atoms with E-state index in [1.807, 2.05) is 19.1 Å². The Morgan fingerprint density at radius 2 is 1.96 bits per heavy atom. The highest BCUT2D eigenvalue weighted by Crippen LogP contribution is 2.30. The number of benzene rings is 2. The molecule has 1 amide bonds. The van der Waals surface area contributed by atoms with Crippen molar-refractivity contribution in [3.05, 3.63) is 64.7 Å². The first kappa shape index (κ1) is 18.6. The third-order valence-corrected chi connectivity index (χ3v) is 4.70. The lowest BCUT2D eigenvalue weighted by molar-refractivity contribution is -0.134. The molecule has 1 heterocycles. The van der Waals surface area contributed by atoms with Crippen LogP contribution in [-0.4, -0.2) is 30.6 Å². The van der Waals surface area contributed by atoms with Crippen molar-refractivity contribution in [2.24, 2.45) is 0 Å². The van der Waals surface area contributed by atoms with Gasteiger partial charge in [0.25, 0.3) is 5.91 Å². The van der Waals surface area contributed by atoms with Gasteiger partial charge in [0.15, 0.2) is 5.60 Å². The lowest BCUT2D eigenvalue weighted by atomic mass is 9.88. The van der Waals surface area contributed by atoms with Crippen molar-refractivity contribution in [2.45, 2.75) is 32.3 Å². The van der Waals surface area contributed by atoms with Gasteiger partial charge >= 0.3 is 11.9 Å². The summed E-state index contributed by atoms with van der Waals surface area (Å²) in [5, 5.41) is 2.70. The third kappa shape index (κ3) is 3.56. The van der Waals surface area contributed by atoms with Crippen molar-refractivity contribution in [2.75, 3.05) is 12.4 Å². The molecule has 6 nitrogen and oxygen atoms in total. The van der Waals surface area contributed by atoms with E-state index in [0.717, 1.165) is 17.5 Å². The van der Waals surface area contributed by atoms with Crippen LogP contribution in [-0.2, 0) is 27.1 Å². The van der Waals surface area contributed by atoms with Crippen LogP contribution in [0.4, 0.5) is 5.69 Å². The molecule has 0 fully saturated rings. The van der Waals surface area contributed by atoms with E-state index in [1.54, 1.807) is 37.3 Å². The number of fused-ring (bicyclic) bond motifs is 1. The monoisotopic (exact) mass is 367 g/mol. The number of nitrogens with one attached hydrogen (secondary N) is 1. The molecule has 0 aromatic heterocycles. The van der Waals surface area contributed by atoms with E-state index in [2.05, 4.69) is 5.32 Å². The van der Waals surface area contributed by atoms with E-state index in [9.17, 15) is 14.4 Å². The van der Waals surface area contributed by atoms with Gasteiger partial charge in [-0.05, 0) is 42.7 Å². The quantitative estimate of drug-likeness (QED) is 0.840.